The van der Waals surface area contributed by atoms with E-state index in [-0.39, 0.29) is 11.7 Å². The average Bonchev–Trinajstić information content (AvgIpc) is 3.05. The normalized spacial score (nSPS) is 14.1. The molecular weight excluding hydrogens is 386 g/mol. The molecule has 3 aromatic rings. The molecule has 29 heavy (non-hydrogen) atoms. The van der Waals surface area contributed by atoms with E-state index < -0.39 is 5.60 Å². The van der Waals surface area contributed by atoms with Crippen molar-refractivity contribution in [3.8, 4) is 0 Å². The van der Waals surface area contributed by atoms with Gasteiger partial charge in [0, 0.05) is 18.0 Å². The van der Waals surface area contributed by atoms with E-state index in [4.69, 9.17) is 4.74 Å². The second kappa shape index (κ2) is 7.63. The SMILES string of the molecule is CC(C)(C)OC(=O)N1CCc2c(sc3ncn(CCc4ccccc4)c(=O)c23)C1. The molecule has 1 aliphatic rings. The molecule has 1 aliphatic heterocycles. The molecule has 2 aromatic heterocycles. The third-order valence-electron chi connectivity index (χ3n) is 4.96. The first kappa shape index (κ1) is 19.6. The molecule has 4 rings (SSSR count). The van der Waals surface area contributed by atoms with Crippen LogP contribution >= 0.6 is 11.3 Å². The predicted octanol–water partition coefficient (Wildman–Crippen LogP) is 3.99. The van der Waals surface area contributed by atoms with Crippen molar-refractivity contribution in [2.75, 3.05) is 6.54 Å². The van der Waals surface area contributed by atoms with Crippen LogP contribution < -0.4 is 5.56 Å². The summed E-state index contributed by atoms with van der Waals surface area (Å²) in [6.45, 7) is 7.20. The molecule has 6 nitrogen and oxygen atoms in total. The number of hydrogen-bond donors (Lipinski definition) is 0. The summed E-state index contributed by atoms with van der Waals surface area (Å²) in [6.07, 6.45) is 2.76. The molecule has 0 saturated heterocycles. The van der Waals surface area contributed by atoms with Crippen LogP contribution in [0.3, 0.4) is 0 Å². The molecule has 0 atom stereocenters. The van der Waals surface area contributed by atoms with Gasteiger partial charge in [-0.15, -0.1) is 11.3 Å². The molecule has 0 aliphatic carbocycles. The number of amides is 1. The molecule has 0 bridgehead atoms. The van der Waals surface area contributed by atoms with Crippen LogP contribution in [0, 0.1) is 0 Å². The monoisotopic (exact) mass is 411 g/mol. The van der Waals surface area contributed by atoms with Crippen LogP contribution in [0.25, 0.3) is 10.2 Å². The lowest BCUT2D eigenvalue weighted by atomic mass is 10.1. The Labute approximate surface area is 173 Å². The van der Waals surface area contributed by atoms with Gasteiger partial charge in [0.1, 0.15) is 10.4 Å². The number of hydrogen-bond acceptors (Lipinski definition) is 5. The van der Waals surface area contributed by atoms with Crippen LogP contribution in [0.5, 0.6) is 0 Å². The van der Waals surface area contributed by atoms with Crippen LogP contribution in [-0.4, -0.2) is 32.7 Å². The van der Waals surface area contributed by atoms with Gasteiger partial charge in [0.25, 0.3) is 5.56 Å². The fourth-order valence-corrected chi connectivity index (χ4v) is 4.75. The van der Waals surface area contributed by atoms with Crippen LogP contribution in [0.4, 0.5) is 4.79 Å². The van der Waals surface area contributed by atoms with Crippen molar-refractivity contribution in [3.05, 3.63) is 63.0 Å². The Morgan fingerprint density at radius 2 is 2.00 bits per heavy atom. The molecule has 0 spiro atoms. The van der Waals surface area contributed by atoms with E-state index in [9.17, 15) is 9.59 Å². The number of nitrogens with zero attached hydrogens (tertiary/aromatic N) is 3. The van der Waals surface area contributed by atoms with Gasteiger partial charge >= 0.3 is 6.09 Å². The lowest BCUT2D eigenvalue weighted by molar-refractivity contribution is 0.0227. The summed E-state index contributed by atoms with van der Waals surface area (Å²) < 4.78 is 7.19. The smallest absolute Gasteiger partial charge is 0.410 e. The standard InChI is InChI=1S/C22H25N3O3S/c1-22(2,3)28-21(27)24-12-10-16-17(13-24)29-19-18(16)20(26)25(14-23-19)11-9-15-7-5-4-6-8-15/h4-8,14H,9-13H2,1-3H3. The van der Waals surface area contributed by atoms with Crippen molar-refractivity contribution >= 4 is 27.6 Å². The Morgan fingerprint density at radius 3 is 2.72 bits per heavy atom. The zero-order chi connectivity index (χ0) is 20.6. The van der Waals surface area contributed by atoms with Crippen molar-refractivity contribution < 1.29 is 9.53 Å². The highest BCUT2D eigenvalue weighted by Crippen LogP contribution is 2.32. The second-order valence-electron chi connectivity index (χ2n) is 8.31. The van der Waals surface area contributed by atoms with Gasteiger partial charge in [0.05, 0.1) is 18.3 Å². The predicted molar refractivity (Wildman–Crippen MR) is 114 cm³/mol. The number of rotatable bonds is 3. The molecule has 7 heteroatoms. The highest BCUT2D eigenvalue weighted by Gasteiger charge is 2.29. The van der Waals surface area contributed by atoms with Gasteiger partial charge in [-0.25, -0.2) is 9.78 Å². The third kappa shape index (κ3) is 4.19. The van der Waals surface area contributed by atoms with E-state index in [0.717, 1.165) is 21.7 Å². The molecule has 0 unspecified atom stereocenters. The fourth-order valence-electron chi connectivity index (χ4n) is 3.55. The Kier molecular flexibility index (Phi) is 5.17. The number of carbonyl (C=O) groups is 1. The number of benzene rings is 1. The van der Waals surface area contributed by atoms with E-state index in [0.29, 0.717) is 31.4 Å². The number of carbonyl (C=O) groups excluding carboxylic acids is 1. The Hall–Kier alpha value is -2.67. The zero-order valence-corrected chi connectivity index (χ0v) is 17.8. The molecule has 1 aromatic carbocycles. The van der Waals surface area contributed by atoms with Crippen molar-refractivity contribution in [1.29, 1.82) is 0 Å². The van der Waals surface area contributed by atoms with Gasteiger partial charge in [0.15, 0.2) is 0 Å². The third-order valence-corrected chi connectivity index (χ3v) is 6.09. The summed E-state index contributed by atoms with van der Waals surface area (Å²) in [7, 11) is 0. The van der Waals surface area contributed by atoms with Gasteiger partial charge in [0.2, 0.25) is 0 Å². The summed E-state index contributed by atoms with van der Waals surface area (Å²) >= 11 is 1.50. The Morgan fingerprint density at radius 1 is 1.24 bits per heavy atom. The fraction of sp³-hybridized carbons (Fsp3) is 0.409. The van der Waals surface area contributed by atoms with Crippen molar-refractivity contribution in [2.45, 2.75) is 52.3 Å². The second-order valence-corrected chi connectivity index (χ2v) is 9.40. The van der Waals surface area contributed by atoms with Gasteiger partial charge in [-0.05, 0) is 44.7 Å². The maximum absolute atomic E-state index is 13.1. The Bertz CT molecular complexity index is 1100. The number of aromatic nitrogens is 2. The maximum atomic E-state index is 13.1. The molecule has 1 amide bonds. The number of ether oxygens (including phenoxy) is 1. The summed E-state index contributed by atoms with van der Waals surface area (Å²) in [5.41, 5.74) is 1.72. The van der Waals surface area contributed by atoms with E-state index in [1.165, 1.54) is 16.9 Å². The van der Waals surface area contributed by atoms with Crippen LogP contribution in [0.1, 0.15) is 36.8 Å². The molecule has 152 valence electrons. The largest absolute Gasteiger partial charge is 0.444 e. The van der Waals surface area contributed by atoms with Gasteiger partial charge < -0.3 is 9.64 Å². The first-order chi connectivity index (χ1) is 13.8. The first-order valence-electron chi connectivity index (χ1n) is 9.83. The number of aryl methyl sites for hydroxylation is 2. The van der Waals surface area contributed by atoms with Gasteiger partial charge in [-0.1, -0.05) is 30.3 Å². The van der Waals surface area contributed by atoms with Crippen molar-refractivity contribution in [1.82, 2.24) is 14.5 Å². The number of thiophene rings is 1. The van der Waals surface area contributed by atoms with Crippen molar-refractivity contribution in [2.24, 2.45) is 0 Å². The number of fused-ring (bicyclic) bond motifs is 3. The summed E-state index contributed by atoms with van der Waals surface area (Å²) in [4.78, 5) is 33.5. The van der Waals surface area contributed by atoms with E-state index in [1.54, 1.807) is 15.8 Å². The highest BCUT2D eigenvalue weighted by molar-refractivity contribution is 7.18. The van der Waals surface area contributed by atoms with E-state index in [1.807, 2.05) is 39.0 Å². The maximum Gasteiger partial charge on any atom is 0.410 e. The summed E-state index contributed by atoms with van der Waals surface area (Å²) in [6, 6.07) is 10.1. The van der Waals surface area contributed by atoms with E-state index >= 15 is 0 Å². The topological polar surface area (TPSA) is 64.4 Å². The molecule has 3 heterocycles. The molecular formula is C22H25N3O3S. The van der Waals surface area contributed by atoms with Gasteiger partial charge in [-0.3, -0.25) is 9.36 Å². The summed E-state index contributed by atoms with van der Waals surface area (Å²) in [5, 5.41) is 0.712. The first-order valence-corrected chi connectivity index (χ1v) is 10.6. The minimum absolute atomic E-state index is 0.00847. The lowest BCUT2D eigenvalue weighted by Crippen LogP contribution is -2.39. The quantitative estimate of drug-likeness (QED) is 0.654. The van der Waals surface area contributed by atoms with Crippen LogP contribution in [0.2, 0.25) is 0 Å². The summed E-state index contributed by atoms with van der Waals surface area (Å²) in [5.74, 6) is 0. The zero-order valence-electron chi connectivity index (χ0n) is 17.0. The Balaban J connectivity index is 1.57. The molecule has 0 fully saturated rings. The molecule has 0 N–H and O–H groups in total. The minimum Gasteiger partial charge on any atom is -0.444 e. The van der Waals surface area contributed by atoms with Crippen LogP contribution in [0.15, 0.2) is 41.5 Å². The highest BCUT2D eigenvalue weighted by atomic mass is 32.1. The van der Waals surface area contributed by atoms with Crippen LogP contribution in [-0.2, 0) is 30.7 Å². The lowest BCUT2D eigenvalue weighted by Gasteiger charge is -2.29. The minimum atomic E-state index is -0.522. The molecule has 0 radical (unpaired) electrons. The molecule has 0 saturated carbocycles. The average molecular weight is 412 g/mol. The van der Waals surface area contributed by atoms with Crippen molar-refractivity contribution in [3.63, 3.8) is 0 Å². The van der Waals surface area contributed by atoms with Gasteiger partial charge in [-0.2, -0.15) is 0 Å². The van der Waals surface area contributed by atoms with E-state index in [2.05, 4.69) is 17.1 Å².